The van der Waals surface area contributed by atoms with Crippen LogP contribution in [0.25, 0.3) is 0 Å². The highest BCUT2D eigenvalue weighted by molar-refractivity contribution is 6.33. The molecule has 3 heterocycles. The van der Waals surface area contributed by atoms with Crippen LogP contribution < -0.4 is 0 Å². The number of likely N-dealkylation sites (tertiary alicyclic amines) is 1. The average molecular weight is 280 g/mol. The molecule has 100 valence electrons. The summed E-state index contributed by atoms with van der Waals surface area (Å²) in [6.45, 7) is 0.714. The van der Waals surface area contributed by atoms with Gasteiger partial charge in [0.2, 0.25) is 0 Å². The van der Waals surface area contributed by atoms with Crippen LogP contribution in [0, 0.1) is 0 Å². The summed E-state index contributed by atoms with van der Waals surface area (Å²) in [5.41, 5.74) is 0.431. The molecule has 3 rings (SSSR count). The van der Waals surface area contributed by atoms with E-state index in [9.17, 15) is 4.79 Å². The number of hydrogen-bond donors (Lipinski definition) is 0. The summed E-state index contributed by atoms with van der Waals surface area (Å²) in [5.74, 6) is 0.730. The number of carbonyl (C=O) groups is 1. The summed E-state index contributed by atoms with van der Waals surface area (Å²) in [6.07, 6.45) is 5.00. The molecule has 6 heteroatoms. The molecule has 0 saturated carbocycles. The fourth-order valence-electron chi connectivity index (χ4n) is 2.57. The Morgan fingerprint density at radius 2 is 2.42 bits per heavy atom. The molecular weight excluding hydrogens is 266 g/mol. The van der Waals surface area contributed by atoms with E-state index in [0.717, 1.165) is 18.6 Å². The van der Waals surface area contributed by atoms with Crippen molar-refractivity contribution in [2.75, 3.05) is 6.54 Å². The first kappa shape index (κ1) is 12.3. The minimum Gasteiger partial charge on any atom is -0.467 e. The Labute approximate surface area is 115 Å². The van der Waals surface area contributed by atoms with Crippen molar-refractivity contribution < 1.29 is 9.21 Å². The summed E-state index contributed by atoms with van der Waals surface area (Å²) >= 11 is 6.04. The van der Waals surface area contributed by atoms with Crippen LogP contribution in [0.3, 0.4) is 0 Å². The van der Waals surface area contributed by atoms with Gasteiger partial charge in [-0.1, -0.05) is 11.6 Å². The van der Waals surface area contributed by atoms with Crippen LogP contribution in [0.15, 0.2) is 29.0 Å². The molecular formula is C13H14ClN3O2. The van der Waals surface area contributed by atoms with Crippen LogP contribution in [0.5, 0.6) is 0 Å². The summed E-state index contributed by atoms with van der Waals surface area (Å²) in [6, 6.07) is 3.74. The van der Waals surface area contributed by atoms with E-state index in [1.165, 1.54) is 10.9 Å². The van der Waals surface area contributed by atoms with Crippen molar-refractivity contribution in [3.63, 3.8) is 0 Å². The predicted molar refractivity (Wildman–Crippen MR) is 69.9 cm³/mol. The first-order chi connectivity index (χ1) is 9.18. The molecule has 1 aliphatic heterocycles. The second-order valence-electron chi connectivity index (χ2n) is 4.64. The van der Waals surface area contributed by atoms with E-state index in [1.54, 1.807) is 13.3 Å². The van der Waals surface area contributed by atoms with Crippen LogP contribution in [0.1, 0.15) is 35.1 Å². The highest BCUT2D eigenvalue weighted by Crippen LogP contribution is 2.34. The molecule has 0 spiro atoms. The molecule has 19 heavy (non-hydrogen) atoms. The quantitative estimate of drug-likeness (QED) is 0.849. The first-order valence-corrected chi connectivity index (χ1v) is 6.58. The Kier molecular flexibility index (Phi) is 3.06. The Morgan fingerprint density at radius 3 is 3.05 bits per heavy atom. The van der Waals surface area contributed by atoms with E-state index >= 15 is 0 Å². The molecule has 1 amide bonds. The maximum atomic E-state index is 12.6. The topological polar surface area (TPSA) is 51.3 Å². The lowest BCUT2D eigenvalue weighted by Gasteiger charge is -2.23. The second kappa shape index (κ2) is 4.74. The first-order valence-electron chi connectivity index (χ1n) is 6.20. The van der Waals surface area contributed by atoms with Gasteiger partial charge in [0.05, 0.1) is 23.5 Å². The Morgan fingerprint density at radius 1 is 1.58 bits per heavy atom. The predicted octanol–water partition coefficient (Wildman–Crippen LogP) is 2.64. The van der Waals surface area contributed by atoms with E-state index in [-0.39, 0.29) is 11.9 Å². The zero-order valence-electron chi connectivity index (χ0n) is 10.5. The van der Waals surface area contributed by atoms with Crippen LogP contribution in [0.2, 0.25) is 5.02 Å². The van der Waals surface area contributed by atoms with Crippen molar-refractivity contribution in [3.8, 4) is 0 Å². The number of hydrogen-bond acceptors (Lipinski definition) is 3. The van der Waals surface area contributed by atoms with Crippen molar-refractivity contribution in [3.05, 3.63) is 41.1 Å². The zero-order valence-corrected chi connectivity index (χ0v) is 11.3. The van der Waals surface area contributed by atoms with E-state index in [1.807, 2.05) is 17.0 Å². The van der Waals surface area contributed by atoms with Gasteiger partial charge < -0.3 is 9.32 Å². The van der Waals surface area contributed by atoms with E-state index in [4.69, 9.17) is 16.0 Å². The number of nitrogens with zero attached hydrogens (tertiary/aromatic N) is 3. The van der Waals surface area contributed by atoms with E-state index < -0.39 is 0 Å². The number of furan rings is 1. The highest BCUT2D eigenvalue weighted by Gasteiger charge is 2.34. The fraction of sp³-hybridized carbons (Fsp3) is 0.385. The van der Waals surface area contributed by atoms with Crippen LogP contribution in [-0.2, 0) is 7.05 Å². The largest absolute Gasteiger partial charge is 0.467 e. The number of carbonyl (C=O) groups excluding carboxylic acids is 1. The van der Waals surface area contributed by atoms with Crippen LogP contribution in [0.4, 0.5) is 0 Å². The lowest BCUT2D eigenvalue weighted by Crippen LogP contribution is -2.32. The Bertz CT molecular complexity index is 572. The molecule has 0 N–H and O–H groups in total. The lowest BCUT2D eigenvalue weighted by molar-refractivity contribution is 0.0709. The molecule has 0 aromatic carbocycles. The summed E-state index contributed by atoms with van der Waals surface area (Å²) < 4.78 is 6.94. The van der Waals surface area contributed by atoms with Gasteiger partial charge in [0, 0.05) is 13.6 Å². The second-order valence-corrected chi connectivity index (χ2v) is 5.04. The van der Waals surface area contributed by atoms with Crippen molar-refractivity contribution in [2.24, 2.45) is 7.05 Å². The average Bonchev–Trinajstić information content (AvgIpc) is 3.08. The molecule has 1 fully saturated rings. The normalized spacial score (nSPS) is 19.1. The molecule has 1 aliphatic rings. The van der Waals surface area contributed by atoms with Gasteiger partial charge in [-0.25, -0.2) is 0 Å². The number of aromatic nitrogens is 2. The van der Waals surface area contributed by atoms with Crippen molar-refractivity contribution in [1.29, 1.82) is 0 Å². The van der Waals surface area contributed by atoms with Gasteiger partial charge in [0.1, 0.15) is 11.5 Å². The van der Waals surface area contributed by atoms with E-state index in [0.29, 0.717) is 17.3 Å². The maximum absolute atomic E-state index is 12.6. The third-order valence-corrected chi connectivity index (χ3v) is 3.76. The molecule has 0 unspecified atom stereocenters. The standard InChI is InChI=1S/C13H14ClN3O2/c1-16-12(9(14)8-15-16)13(18)17-6-2-4-10(17)11-5-3-7-19-11/h3,5,7-8,10H,2,4,6H2,1H3/t10-/m1/s1. The number of amides is 1. The molecule has 0 aliphatic carbocycles. The van der Waals surface area contributed by atoms with Gasteiger partial charge in [0.25, 0.3) is 5.91 Å². The molecule has 1 saturated heterocycles. The van der Waals surface area contributed by atoms with Crippen LogP contribution in [-0.4, -0.2) is 27.1 Å². The summed E-state index contributed by atoms with van der Waals surface area (Å²) in [7, 11) is 1.72. The Balaban J connectivity index is 1.91. The van der Waals surface area contributed by atoms with Gasteiger partial charge in [0.15, 0.2) is 0 Å². The zero-order chi connectivity index (χ0) is 13.4. The minimum atomic E-state index is -0.0936. The van der Waals surface area contributed by atoms with E-state index in [2.05, 4.69) is 5.10 Å². The molecule has 1 atom stereocenters. The molecule has 5 nitrogen and oxygen atoms in total. The molecule has 2 aromatic rings. The van der Waals surface area contributed by atoms with Crippen molar-refractivity contribution in [2.45, 2.75) is 18.9 Å². The number of halogens is 1. The Hall–Kier alpha value is -1.75. The smallest absolute Gasteiger partial charge is 0.274 e. The maximum Gasteiger partial charge on any atom is 0.274 e. The summed E-state index contributed by atoms with van der Waals surface area (Å²) in [4.78, 5) is 14.4. The third kappa shape index (κ3) is 2.04. The van der Waals surface area contributed by atoms with Gasteiger partial charge in [-0.15, -0.1) is 0 Å². The van der Waals surface area contributed by atoms with Crippen molar-refractivity contribution >= 4 is 17.5 Å². The SMILES string of the molecule is Cn1ncc(Cl)c1C(=O)N1CCC[C@@H]1c1ccco1. The monoisotopic (exact) mass is 279 g/mol. The van der Waals surface area contributed by atoms with Crippen LogP contribution >= 0.6 is 11.6 Å². The summed E-state index contributed by atoms with van der Waals surface area (Å²) in [5, 5.41) is 4.40. The lowest BCUT2D eigenvalue weighted by atomic mass is 10.1. The number of rotatable bonds is 2. The van der Waals surface area contributed by atoms with Gasteiger partial charge in [-0.05, 0) is 25.0 Å². The highest BCUT2D eigenvalue weighted by atomic mass is 35.5. The number of aryl methyl sites for hydroxylation is 1. The van der Waals surface area contributed by atoms with Gasteiger partial charge >= 0.3 is 0 Å². The molecule has 0 bridgehead atoms. The van der Waals surface area contributed by atoms with Gasteiger partial charge in [-0.2, -0.15) is 5.10 Å². The van der Waals surface area contributed by atoms with Crippen molar-refractivity contribution in [1.82, 2.24) is 14.7 Å². The molecule has 2 aromatic heterocycles. The fourth-order valence-corrected chi connectivity index (χ4v) is 2.82. The minimum absolute atomic E-state index is 0.00605. The van der Waals surface area contributed by atoms with Gasteiger partial charge in [-0.3, -0.25) is 9.48 Å². The third-order valence-electron chi connectivity index (χ3n) is 3.48. The molecule has 0 radical (unpaired) electrons.